The van der Waals surface area contributed by atoms with E-state index in [0.29, 0.717) is 6.07 Å². The lowest BCUT2D eigenvalue weighted by atomic mass is 10.0. The van der Waals surface area contributed by atoms with Crippen LogP contribution in [0.1, 0.15) is 5.56 Å². The van der Waals surface area contributed by atoms with E-state index in [9.17, 15) is 13.6 Å². The second kappa shape index (κ2) is 4.30. The van der Waals surface area contributed by atoms with Crippen LogP contribution in [0.3, 0.4) is 0 Å². The molecule has 90 valence electrons. The summed E-state index contributed by atoms with van der Waals surface area (Å²) in [6.45, 7) is 0. The van der Waals surface area contributed by atoms with Crippen LogP contribution in [0.2, 0.25) is 0 Å². The van der Waals surface area contributed by atoms with Gasteiger partial charge in [0.15, 0.2) is 0 Å². The first kappa shape index (κ1) is 11.8. The van der Waals surface area contributed by atoms with Crippen LogP contribution in [0.4, 0.5) is 14.6 Å². The standard InChI is InChI=1S/C12H7F2N3O/c13-6-1-2-7(10(14)3-6)8-4-11(16)17-12(18)9(8)5-15/h1-4H,(H3,16,17,18). The molecule has 0 atom stereocenters. The lowest BCUT2D eigenvalue weighted by Crippen LogP contribution is -2.14. The summed E-state index contributed by atoms with van der Waals surface area (Å²) < 4.78 is 26.4. The third kappa shape index (κ3) is 1.94. The number of hydrogen-bond acceptors (Lipinski definition) is 3. The van der Waals surface area contributed by atoms with E-state index in [0.717, 1.165) is 12.1 Å². The minimum absolute atomic E-state index is 0.00211. The maximum Gasteiger partial charge on any atom is 0.268 e. The Labute approximate surface area is 100 Å². The summed E-state index contributed by atoms with van der Waals surface area (Å²) >= 11 is 0. The average molecular weight is 247 g/mol. The highest BCUT2D eigenvalue weighted by atomic mass is 19.1. The molecule has 6 heteroatoms. The van der Waals surface area contributed by atoms with Gasteiger partial charge in [0.1, 0.15) is 29.1 Å². The zero-order valence-electron chi connectivity index (χ0n) is 9.00. The maximum absolute atomic E-state index is 13.6. The summed E-state index contributed by atoms with van der Waals surface area (Å²) in [6, 6.07) is 5.80. The highest BCUT2D eigenvalue weighted by molar-refractivity contribution is 5.72. The van der Waals surface area contributed by atoms with Crippen molar-refractivity contribution in [3.05, 3.63) is 51.8 Å². The van der Waals surface area contributed by atoms with Gasteiger partial charge >= 0.3 is 0 Å². The van der Waals surface area contributed by atoms with Gasteiger partial charge in [-0.15, -0.1) is 0 Å². The highest BCUT2D eigenvalue weighted by Crippen LogP contribution is 2.25. The summed E-state index contributed by atoms with van der Waals surface area (Å²) in [5.41, 5.74) is 4.45. The molecule has 0 saturated heterocycles. The Kier molecular flexibility index (Phi) is 2.81. The number of halogens is 2. The molecule has 0 aliphatic carbocycles. The number of anilines is 1. The quantitative estimate of drug-likeness (QED) is 0.805. The summed E-state index contributed by atoms with van der Waals surface area (Å²) in [6.07, 6.45) is 0. The first-order valence-corrected chi connectivity index (χ1v) is 4.91. The molecule has 0 radical (unpaired) electrons. The normalized spacial score (nSPS) is 10.1. The zero-order chi connectivity index (χ0) is 13.3. The number of nitrogens with one attached hydrogen (secondary N) is 1. The van der Waals surface area contributed by atoms with Gasteiger partial charge in [-0.3, -0.25) is 4.79 Å². The number of hydrogen-bond donors (Lipinski definition) is 2. The number of pyridine rings is 1. The fourth-order valence-electron chi connectivity index (χ4n) is 1.61. The van der Waals surface area contributed by atoms with Gasteiger partial charge in [0, 0.05) is 17.2 Å². The van der Waals surface area contributed by atoms with Crippen LogP contribution < -0.4 is 11.3 Å². The van der Waals surface area contributed by atoms with Crippen LogP contribution in [-0.4, -0.2) is 4.98 Å². The van der Waals surface area contributed by atoms with Crippen molar-refractivity contribution < 1.29 is 8.78 Å². The van der Waals surface area contributed by atoms with E-state index in [1.165, 1.54) is 6.07 Å². The first-order valence-electron chi connectivity index (χ1n) is 4.91. The van der Waals surface area contributed by atoms with Gasteiger partial charge in [-0.2, -0.15) is 5.26 Å². The van der Waals surface area contributed by atoms with Crippen LogP contribution in [0.5, 0.6) is 0 Å². The lowest BCUT2D eigenvalue weighted by molar-refractivity contribution is 0.585. The van der Waals surface area contributed by atoms with Gasteiger partial charge in [-0.25, -0.2) is 8.78 Å². The maximum atomic E-state index is 13.6. The molecule has 1 aromatic carbocycles. The third-order valence-corrected chi connectivity index (χ3v) is 2.39. The molecule has 2 aromatic rings. The average Bonchev–Trinajstić information content (AvgIpc) is 2.28. The summed E-state index contributed by atoms with van der Waals surface area (Å²) in [5, 5.41) is 8.89. The fraction of sp³-hybridized carbons (Fsp3) is 0. The largest absolute Gasteiger partial charge is 0.385 e. The van der Waals surface area contributed by atoms with E-state index < -0.39 is 17.2 Å². The smallest absolute Gasteiger partial charge is 0.268 e. The molecule has 18 heavy (non-hydrogen) atoms. The molecule has 0 aliphatic heterocycles. The number of nitrogen functional groups attached to an aromatic ring is 1. The fourth-order valence-corrected chi connectivity index (χ4v) is 1.61. The van der Waals surface area contributed by atoms with Crippen molar-refractivity contribution in [3.8, 4) is 17.2 Å². The van der Waals surface area contributed by atoms with E-state index in [-0.39, 0.29) is 22.5 Å². The van der Waals surface area contributed by atoms with Crippen LogP contribution in [-0.2, 0) is 0 Å². The highest BCUT2D eigenvalue weighted by Gasteiger charge is 2.14. The SMILES string of the molecule is N#Cc1c(-c2ccc(F)cc2F)cc(N)[nH]c1=O. The van der Waals surface area contributed by atoms with Gasteiger partial charge in [0.2, 0.25) is 0 Å². The summed E-state index contributed by atoms with van der Waals surface area (Å²) in [4.78, 5) is 13.7. The molecule has 0 bridgehead atoms. The number of aromatic nitrogens is 1. The Hall–Kier alpha value is -2.68. The Morgan fingerprint density at radius 3 is 2.56 bits per heavy atom. The van der Waals surface area contributed by atoms with Gasteiger partial charge in [0.05, 0.1) is 0 Å². The Morgan fingerprint density at radius 2 is 1.94 bits per heavy atom. The van der Waals surface area contributed by atoms with Gasteiger partial charge in [-0.05, 0) is 18.2 Å². The molecular formula is C12H7F2N3O. The Bertz CT molecular complexity index is 716. The van der Waals surface area contributed by atoms with Gasteiger partial charge < -0.3 is 10.7 Å². The van der Waals surface area contributed by atoms with Gasteiger partial charge in [-0.1, -0.05) is 0 Å². The number of nitriles is 1. The second-order valence-corrected chi connectivity index (χ2v) is 3.58. The van der Waals surface area contributed by atoms with Crippen LogP contribution >= 0.6 is 0 Å². The van der Waals surface area contributed by atoms with Crippen LogP contribution in [0.15, 0.2) is 29.1 Å². The topological polar surface area (TPSA) is 82.7 Å². The molecule has 1 aromatic heterocycles. The molecule has 0 amide bonds. The van der Waals surface area contributed by atoms with E-state index >= 15 is 0 Å². The number of nitrogens with two attached hydrogens (primary N) is 1. The second-order valence-electron chi connectivity index (χ2n) is 3.58. The van der Waals surface area contributed by atoms with Crippen molar-refractivity contribution in [2.75, 3.05) is 5.73 Å². The summed E-state index contributed by atoms with van der Waals surface area (Å²) in [7, 11) is 0. The molecule has 0 spiro atoms. The molecule has 0 aliphatic rings. The molecule has 1 heterocycles. The van der Waals surface area contributed by atoms with E-state index in [1.807, 2.05) is 0 Å². The number of rotatable bonds is 1. The number of benzene rings is 1. The van der Waals surface area contributed by atoms with Crippen molar-refractivity contribution in [3.63, 3.8) is 0 Å². The lowest BCUT2D eigenvalue weighted by Gasteiger charge is -2.06. The predicted octanol–water partition coefficient (Wildman–Crippen LogP) is 1.77. The minimum Gasteiger partial charge on any atom is -0.385 e. The van der Waals surface area contributed by atoms with Crippen molar-refractivity contribution in [2.45, 2.75) is 0 Å². The molecule has 4 nitrogen and oxygen atoms in total. The first-order chi connectivity index (χ1) is 8.52. The van der Waals surface area contributed by atoms with Crippen LogP contribution in [0.25, 0.3) is 11.1 Å². The third-order valence-electron chi connectivity index (χ3n) is 2.39. The molecule has 2 rings (SSSR count). The Balaban J connectivity index is 2.79. The van der Waals surface area contributed by atoms with Crippen LogP contribution in [0, 0.1) is 23.0 Å². The van der Waals surface area contributed by atoms with Crippen molar-refractivity contribution in [1.29, 1.82) is 5.26 Å². The van der Waals surface area contributed by atoms with Crippen molar-refractivity contribution in [1.82, 2.24) is 4.98 Å². The minimum atomic E-state index is -0.864. The Morgan fingerprint density at radius 1 is 1.22 bits per heavy atom. The molecule has 0 saturated carbocycles. The van der Waals surface area contributed by atoms with Crippen molar-refractivity contribution >= 4 is 5.82 Å². The molecule has 3 N–H and O–H groups in total. The zero-order valence-corrected chi connectivity index (χ0v) is 9.00. The number of aromatic amines is 1. The molecule has 0 fully saturated rings. The van der Waals surface area contributed by atoms with Gasteiger partial charge in [0.25, 0.3) is 5.56 Å². The number of nitrogens with zero attached hydrogens (tertiary/aromatic N) is 1. The van der Waals surface area contributed by atoms with E-state index in [2.05, 4.69) is 4.98 Å². The van der Waals surface area contributed by atoms with Crippen molar-refractivity contribution in [2.24, 2.45) is 0 Å². The van der Waals surface area contributed by atoms with E-state index in [4.69, 9.17) is 11.0 Å². The molecule has 0 unspecified atom stereocenters. The summed E-state index contributed by atoms with van der Waals surface area (Å²) in [5.74, 6) is -1.61. The number of H-pyrrole nitrogens is 1. The monoisotopic (exact) mass is 247 g/mol. The predicted molar refractivity (Wildman–Crippen MR) is 61.5 cm³/mol. The molecular weight excluding hydrogens is 240 g/mol. The van der Waals surface area contributed by atoms with E-state index in [1.54, 1.807) is 6.07 Å².